The van der Waals surface area contributed by atoms with Crippen molar-refractivity contribution in [2.24, 2.45) is 0 Å². The van der Waals surface area contributed by atoms with Gasteiger partial charge in [0.05, 0.1) is 11.4 Å². The van der Waals surface area contributed by atoms with Crippen LogP contribution in [0.5, 0.6) is 0 Å². The van der Waals surface area contributed by atoms with Crippen molar-refractivity contribution >= 4 is 29.2 Å². The summed E-state index contributed by atoms with van der Waals surface area (Å²) in [4.78, 5) is 26.1. The summed E-state index contributed by atoms with van der Waals surface area (Å²) >= 11 is 0. The summed E-state index contributed by atoms with van der Waals surface area (Å²) in [5.74, 6) is -1.33. The zero-order valence-corrected chi connectivity index (χ0v) is 19.1. The van der Waals surface area contributed by atoms with Gasteiger partial charge in [-0.15, -0.1) is 0 Å². The molecular weight excluding hydrogens is 420 g/mol. The number of anilines is 3. The van der Waals surface area contributed by atoms with Crippen molar-refractivity contribution in [3.63, 3.8) is 0 Å². The Kier molecular flexibility index (Phi) is 7.33. The summed E-state index contributed by atoms with van der Waals surface area (Å²) < 4.78 is 39.2. The van der Waals surface area contributed by atoms with Crippen LogP contribution in [0.3, 0.4) is 0 Å². The summed E-state index contributed by atoms with van der Waals surface area (Å²) in [5.41, 5.74) is 4.06. The van der Waals surface area contributed by atoms with Gasteiger partial charge in [0, 0.05) is 6.54 Å². The van der Waals surface area contributed by atoms with Gasteiger partial charge in [0.2, 0.25) is 0 Å². The molecular formula is C23H29F2N3O4. The van der Waals surface area contributed by atoms with Gasteiger partial charge < -0.3 is 20.5 Å². The van der Waals surface area contributed by atoms with E-state index < -0.39 is 34.9 Å². The van der Waals surface area contributed by atoms with Crippen molar-refractivity contribution in [2.45, 2.75) is 59.3 Å². The zero-order valence-electron chi connectivity index (χ0n) is 19.1. The lowest BCUT2D eigenvalue weighted by Crippen LogP contribution is -2.44. The fraction of sp³-hybridized carbons (Fsp3) is 0.391. The van der Waals surface area contributed by atoms with Gasteiger partial charge in [-0.3, -0.25) is 0 Å². The molecule has 2 aromatic rings. The number of amides is 2. The van der Waals surface area contributed by atoms with Crippen LogP contribution < -0.4 is 16.0 Å². The molecule has 0 bridgehead atoms. The Balaban J connectivity index is 2.44. The van der Waals surface area contributed by atoms with E-state index in [4.69, 9.17) is 15.2 Å². The fourth-order valence-corrected chi connectivity index (χ4v) is 2.62. The molecule has 0 aliphatic rings. The van der Waals surface area contributed by atoms with Crippen LogP contribution in [0.1, 0.15) is 47.1 Å². The van der Waals surface area contributed by atoms with E-state index in [1.807, 2.05) is 0 Å². The standard InChI is InChI=1S/C23H29F2N3O4/c1-22(2,3)31-20(29)28(21(30)32-23(4,5)6)19-16(26)11-12-17(18(19)25)27-13-14-7-9-15(24)10-8-14/h7-12,27H,13,26H2,1-6H3. The van der Waals surface area contributed by atoms with Crippen molar-refractivity contribution in [3.05, 3.63) is 53.6 Å². The van der Waals surface area contributed by atoms with Crippen LogP contribution in [0.4, 0.5) is 35.4 Å². The smallest absolute Gasteiger partial charge is 0.424 e. The molecule has 0 fully saturated rings. The Hall–Kier alpha value is -3.36. The minimum atomic E-state index is -1.13. The highest BCUT2D eigenvalue weighted by molar-refractivity contribution is 6.12. The molecule has 9 heteroatoms. The van der Waals surface area contributed by atoms with E-state index in [0.29, 0.717) is 10.5 Å². The molecule has 0 atom stereocenters. The number of carbonyl (C=O) groups excluding carboxylic acids is 2. The van der Waals surface area contributed by atoms with Gasteiger partial charge in [0.25, 0.3) is 0 Å². The number of halogens is 2. The molecule has 32 heavy (non-hydrogen) atoms. The summed E-state index contributed by atoms with van der Waals surface area (Å²) in [6.07, 6.45) is -2.26. The number of hydrogen-bond acceptors (Lipinski definition) is 6. The van der Waals surface area contributed by atoms with Crippen molar-refractivity contribution in [2.75, 3.05) is 16.0 Å². The molecule has 0 saturated carbocycles. The van der Waals surface area contributed by atoms with E-state index in [2.05, 4.69) is 5.32 Å². The number of imide groups is 1. The predicted octanol–water partition coefficient (Wildman–Crippen LogP) is 5.84. The van der Waals surface area contributed by atoms with Crippen molar-refractivity contribution in [1.29, 1.82) is 0 Å². The Morgan fingerprint density at radius 2 is 1.41 bits per heavy atom. The number of hydrogen-bond donors (Lipinski definition) is 2. The number of nitrogens with one attached hydrogen (secondary N) is 1. The molecule has 174 valence electrons. The topological polar surface area (TPSA) is 93.9 Å². The minimum absolute atomic E-state index is 0.0179. The second kappa shape index (κ2) is 9.42. The highest BCUT2D eigenvalue weighted by Gasteiger charge is 2.36. The van der Waals surface area contributed by atoms with E-state index >= 15 is 4.39 Å². The van der Waals surface area contributed by atoms with Gasteiger partial charge in [-0.05, 0) is 71.4 Å². The summed E-state index contributed by atoms with van der Waals surface area (Å²) in [6.45, 7) is 9.82. The first-order chi connectivity index (χ1) is 14.7. The molecule has 0 heterocycles. The average molecular weight is 449 g/mol. The molecule has 0 unspecified atom stereocenters. The molecule has 2 aromatic carbocycles. The Morgan fingerprint density at radius 3 is 1.88 bits per heavy atom. The second-order valence-electron chi connectivity index (χ2n) is 9.14. The van der Waals surface area contributed by atoms with Crippen LogP contribution in [0.25, 0.3) is 0 Å². The highest BCUT2D eigenvalue weighted by atomic mass is 19.1. The van der Waals surface area contributed by atoms with E-state index in [9.17, 15) is 14.0 Å². The molecule has 3 N–H and O–H groups in total. The first-order valence-corrected chi connectivity index (χ1v) is 10.0. The van der Waals surface area contributed by atoms with E-state index in [0.717, 1.165) is 0 Å². The third kappa shape index (κ3) is 6.83. The molecule has 0 aliphatic carbocycles. The number of nitrogen functional groups attached to an aromatic ring is 1. The third-order valence-electron chi connectivity index (χ3n) is 3.92. The molecule has 0 saturated heterocycles. The van der Waals surface area contributed by atoms with E-state index in [1.165, 1.54) is 24.3 Å². The molecule has 2 rings (SSSR count). The van der Waals surface area contributed by atoms with Gasteiger partial charge in [0.15, 0.2) is 5.82 Å². The summed E-state index contributed by atoms with van der Waals surface area (Å²) in [7, 11) is 0. The quantitative estimate of drug-likeness (QED) is 0.570. The number of benzene rings is 2. The van der Waals surface area contributed by atoms with Gasteiger partial charge in [-0.2, -0.15) is 4.90 Å². The Morgan fingerprint density at radius 1 is 0.906 bits per heavy atom. The maximum absolute atomic E-state index is 15.5. The van der Waals surface area contributed by atoms with E-state index in [1.54, 1.807) is 53.7 Å². The number of rotatable bonds is 4. The molecule has 7 nitrogen and oxygen atoms in total. The lowest BCUT2D eigenvalue weighted by Gasteiger charge is -2.29. The Bertz CT molecular complexity index is 952. The van der Waals surface area contributed by atoms with Gasteiger partial charge >= 0.3 is 12.2 Å². The van der Waals surface area contributed by atoms with Gasteiger partial charge in [-0.25, -0.2) is 18.4 Å². The summed E-state index contributed by atoms with van der Waals surface area (Å²) in [5, 5.41) is 2.86. The van der Waals surface area contributed by atoms with Crippen LogP contribution >= 0.6 is 0 Å². The lowest BCUT2D eigenvalue weighted by atomic mass is 10.1. The average Bonchev–Trinajstić information content (AvgIpc) is 2.62. The van der Waals surface area contributed by atoms with E-state index in [-0.39, 0.29) is 23.7 Å². The van der Waals surface area contributed by atoms with Crippen LogP contribution in [-0.4, -0.2) is 23.4 Å². The molecule has 0 radical (unpaired) electrons. The maximum atomic E-state index is 15.5. The zero-order chi connectivity index (χ0) is 24.3. The van der Waals surface area contributed by atoms with Crippen LogP contribution in [0.15, 0.2) is 36.4 Å². The fourth-order valence-electron chi connectivity index (χ4n) is 2.62. The maximum Gasteiger partial charge on any atom is 0.424 e. The van der Waals surface area contributed by atoms with Crippen LogP contribution in [-0.2, 0) is 16.0 Å². The second-order valence-corrected chi connectivity index (χ2v) is 9.14. The van der Waals surface area contributed by atoms with Crippen molar-refractivity contribution < 1.29 is 27.8 Å². The highest BCUT2D eigenvalue weighted by Crippen LogP contribution is 2.34. The van der Waals surface area contributed by atoms with Gasteiger partial charge in [-0.1, -0.05) is 12.1 Å². The van der Waals surface area contributed by atoms with Crippen LogP contribution in [0, 0.1) is 11.6 Å². The monoisotopic (exact) mass is 449 g/mol. The minimum Gasteiger partial charge on any atom is -0.443 e. The van der Waals surface area contributed by atoms with Crippen molar-refractivity contribution in [3.8, 4) is 0 Å². The van der Waals surface area contributed by atoms with Crippen LogP contribution in [0.2, 0.25) is 0 Å². The first kappa shape index (κ1) is 24.9. The SMILES string of the molecule is CC(C)(C)OC(=O)N(C(=O)OC(C)(C)C)c1c(N)ccc(NCc2ccc(F)cc2)c1F. The third-order valence-corrected chi connectivity index (χ3v) is 3.92. The number of ether oxygens (including phenoxy) is 2. The normalized spacial score (nSPS) is 11.6. The largest absolute Gasteiger partial charge is 0.443 e. The molecule has 0 spiro atoms. The number of nitrogens with two attached hydrogens (primary N) is 1. The number of carbonyl (C=O) groups is 2. The molecule has 0 aromatic heterocycles. The first-order valence-electron chi connectivity index (χ1n) is 10.0. The van der Waals surface area contributed by atoms with Crippen molar-refractivity contribution in [1.82, 2.24) is 0 Å². The lowest BCUT2D eigenvalue weighted by molar-refractivity contribution is 0.0429. The summed E-state index contributed by atoms with van der Waals surface area (Å²) in [6, 6.07) is 8.40. The predicted molar refractivity (Wildman–Crippen MR) is 119 cm³/mol. The molecule has 2 amide bonds. The Labute approximate surface area is 186 Å². The number of nitrogens with zero attached hydrogens (tertiary/aromatic N) is 1. The van der Waals surface area contributed by atoms with Gasteiger partial charge in [0.1, 0.15) is 22.7 Å². The molecule has 0 aliphatic heterocycles.